The number of hydrogen-bond donors (Lipinski definition) is 2. The van der Waals surface area contributed by atoms with Crippen LogP contribution in [0.3, 0.4) is 0 Å². The maximum Gasteiger partial charge on any atom is 0.191 e. The maximum atomic E-state index is 5.69. The van der Waals surface area contributed by atoms with Crippen LogP contribution in [0.2, 0.25) is 0 Å². The zero-order chi connectivity index (χ0) is 15.5. The molecule has 23 heavy (non-hydrogen) atoms. The average molecular weight is 431 g/mol. The van der Waals surface area contributed by atoms with Crippen molar-refractivity contribution in [2.45, 2.75) is 51.0 Å². The second-order valence-corrected chi connectivity index (χ2v) is 5.85. The Morgan fingerprint density at radius 3 is 2.57 bits per heavy atom. The second-order valence-electron chi connectivity index (χ2n) is 5.85. The van der Waals surface area contributed by atoms with E-state index in [1.165, 1.54) is 32.1 Å². The van der Waals surface area contributed by atoms with Gasteiger partial charge in [-0.05, 0) is 37.8 Å². The predicted octanol–water partition coefficient (Wildman–Crippen LogP) is 3.96. The number of unbranched alkanes of at least 4 members (excludes halogenated alkanes) is 1. The molecule has 0 bridgehead atoms. The Labute approximate surface area is 157 Å². The SMILES string of the molecule is CN=C(NCCCCOc1ccccc1)NC1CCCCC1.I. The van der Waals surface area contributed by atoms with Crippen LogP contribution in [0, 0.1) is 0 Å². The van der Waals surface area contributed by atoms with Crippen LogP contribution in [-0.2, 0) is 0 Å². The van der Waals surface area contributed by atoms with E-state index in [1.54, 1.807) is 0 Å². The van der Waals surface area contributed by atoms with Crippen LogP contribution in [0.15, 0.2) is 35.3 Å². The highest BCUT2D eigenvalue weighted by atomic mass is 127. The van der Waals surface area contributed by atoms with Gasteiger partial charge in [0.15, 0.2) is 5.96 Å². The highest BCUT2D eigenvalue weighted by molar-refractivity contribution is 14.0. The summed E-state index contributed by atoms with van der Waals surface area (Å²) in [6, 6.07) is 10.6. The van der Waals surface area contributed by atoms with Gasteiger partial charge in [-0.2, -0.15) is 0 Å². The molecule has 2 N–H and O–H groups in total. The molecule has 0 aromatic heterocycles. The Balaban J connectivity index is 0.00000264. The van der Waals surface area contributed by atoms with E-state index < -0.39 is 0 Å². The van der Waals surface area contributed by atoms with Gasteiger partial charge in [0.1, 0.15) is 5.75 Å². The lowest BCUT2D eigenvalue weighted by Gasteiger charge is -2.24. The van der Waals surface area contributed by atoms with Crippen molar-refractivity contribution in [2.24, 2.45) is 4.99 Å². The zero-order valence-corrected chi connectivity index (χ0v) is 16.4. The summed E-state index contributed by atoms with van der Waals surface area (Å²) in [4.78, 5) is 4.31. The first kappa shape index (κ1) is 20.1. The molecule has 0 heterocycles. The number of para-hydroxylation sites is 1. The van der Waals surface area contributed by atoms with Crippen LogP contribution in [0.25, 0.3) is 0 Å². The Hall–Kier alpha value is -0.980. The number of guanidine groups is 1. The molecule has 1 aliphatic carbocycles. The standard InChI is InChI=1S/C18H29N3O.HI/c1-19-18(21-16-10-4-2-5-11-16)20-14-8-9-15-22-17-12-6-3-7-13-17;/h3,6-7,12-13,16H,2,4-5,8-11,14-15H2,1H3,(H2,19,20,21);1H. The van der Waals surface area contributed by atoms with Crippen molar-refractivity contribution in [3.8, 4) is 5.75 Å². The average Bonchev–Trinajstić information content (AvgIpc) is 2.58. The number of ether oxygens (including phenoxy) is 1. The number of nitrogens with zero attached hydrogens (tertiary/aromatic N) is 1. The first-order chi connectivity index (χ1) is 10.9. The van der Waals surface area contributed by atoms with Crippen LogP contribution in [0.5, 0.6) is 5.75 Å². The van der Waals surface area contributed by atoms with Gasteiger partial charge < -0.3 is 15.4 Å². The molecule has 0 spiro atoms. The number of nitrogens with one attached hydrogen (secondary N) is 2. The minimum atomic E-state index is 0. The molecule has 0 radical (unpaired) electrons. The summed E-state index contributed by atoms with van der Waals surface area (Å²) in [5.41, 5.74) is 0. The molecule has 1 saturated carbocycles. The van der Waals surface area contributed by atoms with E-state index in [1.807, 2.05) is 37.4 Å². The van der Waals surface area contributed by atoms with Gasteiger partial charge in [0.2, 0.25) is 0 Å². The van der Waals surface area contributed by atoms with Crippen LogP contribution in [0.4, 0.5) is 0 Å². The summed E-state index contributed by atoms with van der Waals surface area (Å²) in [6.45, 7) is 1.70. The Bertz CT molecular complexity index is 433. The lowest BCUT2D eigenvalue weighted by molar-refractivity contribution is 0.307. The topological polar surface area (TPSA) is 45.7 Å². The normalized spacial score (nSPS) is 15.6. The lowest BCUT2D eigenvalue weighted by Crippen LogP contribution is -2.44. The first-order valence-corrected chi connectivity index (χ1v) is 8.53. The summed E-state index contributed by atoms with van der Waals surface area (Å²) in [7, 11) is 1.84. The maximum absolute atomic E-state index is 5.69. The molecule has 0 atom stereocenters. The third-order valence-electron chi connectivity index (χ3n) is 4.05. The first-order valence-electron chi connectivity index (χ1n) is 8.53. The fourth-order valence-electron chi connectivity index (χ4n) is 2.78. The van der Waals surface area contributed by atoms with Crippen LogP contribution >= 0.6 is 24.0 Å². The van der Waals surface area contributed by atoms with Crippen LogP contribution in [0.1, 0.15) is 44.9 Å². The Morgan fingerprint density at radius 1 is 1.13 bits per heavy atom. The molecule has 0 aliphatic heterocycles. The molecule has 1 fully saturated rings. The van der Waals surface area contributed by atoms with Gasteiger partial charge >= 0.3 is 0 Å². The van der Waals surface area contributed by atoms with Gasteiger partial charge in [-0.3, -0.25) is 4.99 Å². The molecular weight excluding hydrogens is 401 g/mol. The van der Waals surface area contributed by atoms with E-state index in [9.17, 15) is 0 Å². The number of halogens is 1. The summed E-state index contributed by atoms with van der Waals surface area (Å²) in [5, 5.41) is 6.93. The van der Waals surface area contributed by atoms with Crippen molar-refractivity contribution < 1.29 is 4.74 Å². The summed E-state index contributed by atoms with van der Waals surface area (Å²) >= 11 is 0. The summed E-state index contributed by atoms with van der Waals surface area (Å²) in [5.74, 6) is 1.89. The third kappa shape index (κ3) is 8.44. The molecule has 0 saturated heterocycles. The molecule has 130 valence electrons. The minimum absolute atomic E-state index is 0. The summed E-state index contributed by atoms with van der Waals surface area (Å²) in [6.07, 6.45) is 8.72. The van der Waals surface area contributed by atoms with Crippen molar-refractivity contribution in [1.82, 2.24) is 10.6 Å². The van der Waals surface area contributed by atoms with Crippen LogP contribution in [-0.4, -0.2) is 32.2 Å². The largest absolute Gasteiger partial charge is 0.494 e. The number of aliphatic imine (C=N–C) groups is 1. The van der Waals surface area contributed by atoms with E-state index in [-0.39, 0.29) is 24.0 Å². The van der Waals surface area contributed by atoms with Gasteiger partial charge in [0.25, 0.3) is 0 Å². The highest BCUT2D eigenvalue weighted by Gasteiger charge is 2.13. The van der Waals surface area contributed by atoms with E-state index in [2.05, 4.69) is 15.6 Å². The van der Waals surface area contributed by atoms with E-state index in [4.69, 9.17) is 4.74 Å². The van der Waals surface area contributed by atoms with E-state index in [0.717, 1.165) is 37.7 Å². The molecular formula is C18H30IN3O. The van der Waals surface area contributed by atoms with Crippen molar-refractivity contribution in [3.63, 3.8) is 0 Å². The number of hydrogen-bond acceptors (Lipinski definition) is 2. The van der Waals surface area contributed by atoms with Crippen molar-refractivity contribution in [3.05, 3.63) is 30.3 Å². The molecule has 1 aromatic carbocycles. The number of rotatable bonds is 7. The quantitative estimate of drug-likeness (QED) is 0.297. The molecule has 2 rings (SSSR count). The van der Waals surface area contributed by atoms with Gasteiger partial charge in [-0.1, -0.05) is 37.5 Å². The molecule has 1 aromatic rings. The minimum Gasteiger partial charge on any atom is -0.494 e. The van der Waals surface area contributed by atoms with Gasteiger partial charge in [0, 0.05) is 19.6 Å². The molecule has 5 heteroatoms. The molecule has 1 aliphatic rings. The molecule has 4 nitrogen and oxygen atoms in total. The van der Waals surface area contributed by atoms with Crippen molar-refractivity contribution in [2.75, 3.05) is 20.2 Å². The smallest absolute Gasteiger partial charge is 0.191 e. The van der Waals surface area contributed by atoms with Crippen LogP contribution < -0.4 is 15.4 Å². The zero-order valence-electron chi connectivity index (χ0n) is 14.1. The van der Waals surface area contributed by atoms with Crippen molar-refractivity contribution >= 4 is 29.9 Å². The fourth-order valence-corrected chi connectivity index (χ4v) is 2.78. The van der Waals surface area contributed by atoms with E-state index in [0.29, 0.717) is 6.04 Å². The van der Waals surface area contributed by atoms with Gasteiger partial charge in [-0.15, -0.1) is 24.0 Å². The Kier molecular flexibility index (Phi) is 10.9. The third-order valence-corrected chi connectivity index (χ3v) is 4.05. The van der Waals surface area contributed by atoms with E-state index >= 15 is 0 Å². The Morgan fingerprint density at radius 2 is 1.87 bits per heavy atom. The lowest BCUT2D eigenvalue weighted by atomic mass is 9.96. The summed E-state index contributed by atoms with van der Waals surface area (Å²) < 4.78 is 5.69. The van der Waals surface area contributed by atoms with Crippen molar-refractivity contribution in [1.29, 1.82) is 0 Å². The fraction of sp³-hybridized carbons (Fsp3) is 0.611. The highest BCUT2D eigenvalue weighted by Crippen LogP contribution is 2.17. The number of benzene rings is 1. The van der Waals surface area contributed by atoms with Gasteiger partial charge in [-0.25, -0.2) is 0 Å². The van der Waals surface area contributed by atoms with Gasteiger partial charge in [0.05, 0.1) is 6.61 Å². The monoisotopic (exact) mass is 431 g/mol. The molecule has 0 amide bonds. The predicted molar refractivity (Wildman–Crippen MR) is 108 cm³/mol. The molecule has 0 unspecified atom stereocenters. The second kappa shape index (κ2) is 12.4.